The summed E-state index contributed by atoms with van der Waals surface area (Å²) in [5.74, 6) is -1.12. The number of carbonyl (C=O) groups excluding carboxylic acids is 4. The third-order valence-electron chi connectivity index (χ3n) is 8.11. The molecule has 15 heteroatoms. The molecule has 2 saturated heterocycles. The molecule has 0 aromatic heterocycles. The SMILES string of the molecule is C[C@@H]1C/C=C/C(OC(=O)COCCOCCNC(=O)CCCC[C@@H]2SC[C@@H]3NC(=O)N[C@@H]32)C/C=C/C(=N)Cc2cc(O)cc(O)c2C(=O)O1. The van der Waals surface area contributed by atoms with Crippen LogP contribution >= 0.6 is 11.8 Å². The number of benzene rings is 1. The van der Waals surface area contributed by atoms with E-state index < -0.39 is 29.9 Å². The van der Waals surface area contributed by atoms with Crippen LogP contribution in [0.1, 0.15) is 61.4 Å². The lowest BCUT2D eigenvalue weighted by atomic mass is 9.99. The number of hydrogen-bond acceptors (Lipinski definition) is 12. The van der Waals surface area contributed by atoms with Crippen LogP contribution in [0.4, 0.5) is 4.79 Å². The van der Waals surface area contributed by atoms with E-state index in [2.05, 4.69) is 16.0 Å². The molecule has 49 heavy (non-hydrogen) atoms. The summed E-state index contributed by atoms with van der Waals surface area (Å²) in [4.78, 5) is 48.8. The maximum atomic E-state index is 12.8. The van der Waals surface area contributed by atoms with E-state index in [-0.39, 0.29) is 79.3 Å². The van der Waals surface area contributed by atoms with Gasteiger partial charge in [0.05, 0.1) is 31.9 Å². The molecule has 3 heterocycles. The number of aromatic hydroxyl groups is 2. The van der Waals surface area contributed by atoms with Gasteiger partial charge in [-0.05, 0) is 43.5 Å². The van der Waals surface area contributed by atoms with E-state index in [1.165, 1.54) is 12.1 Å². The molecule has 1 aromatic carbocycles. The molecule has 1 aromatic rings. The second kappa shape index (κ2) is 19.2. The summed E-state index contributed by atoms with van der Waals surface area (Å²) in [6.45, 7) is 2.47. The summed E-state index contributed by atoms with van der Waals surface area (Å²) < 4.78 is 21.9. The first-order valence-corrected chi connectivity index (χ1v) is 17.6. The second-order valence-electron chi connectivity index (χ2n) is 12.1. The van der Waals surface area contributed by atoms with Gasteiger partial charge < -0.3 is 50.5 Å². The van der Waals surface area contributed by atoms with Crippen LogP contribution in [0.2, 0.25) is 0 Å². The number of urea groups is 1. The Morgan fingerprint density at radius 3 is 2.73 bits per heavy atom. The summed E-state index contributed by atoms with van der Waals surface area (Å²) in [6, 6.07) is 2.67. The standard InChI is InChI=1S/C34H46N4O10S/c1-21-6-4-8-25(9-5-7-23(35)16-22-17-24(39)18-27(40)31(22)33(43)47-21)48-30(42)19-46-15-14-45-13-12-36-29(41)11-3-2-10-28-32-26(20-49-28)37-34(44)38-32/h4-5,7-8,17-18,21,25-26,28,32,35,39-40H,2-3,6,9-16,19-20H2,1H3,(H,36,41)(H2,37,38,44)/b7-5+,8-4+,35-23?/t21-,25?,26+,28+,32+/m1/s1. The van der Waals surface area contributed by atoms with Crippen molar-refractivity contribution in [2.45, 2.75) is 81.4 Å². The van der Waals surface area contributed by atoms with Gasteiger partial charge in [-0.1, -0.05) is 18.6 Å². The smallest absolute Gasteiger partial charge is 0.342 e. The third-order valence-corrected chi connectivity index (χ3v) is 9.62. The molecule has 5 atom stereocenters. The van der Waals surface area contributed by atoms with Crippen LogP contribution in [0.5, 0.6) is 11.5 Å². The molecule has 0 saturated carbocycles. The van der Waals surface area contributed by atoms with Gasteiger partial charge in [-0.2, -0.15) is 11.8 Å². The Bertz CT molecular complexity index is 1400. The first-order valence-electron chi connectivity index (χ1n) is 16.6. The fourth-order valence-electron chi connectivity index (χ4n) is 5.73. The van der Waals surface area contributed by atoms with Crippen molar-refractivity contribution in [2.75, 3.05) is 38.7 Å². The van der Waals surface area contributed by atoms with Gasteiger partial charge in [0.25, 0.3) is 0 Å². The summed E-state index contributed by atoms with van der Waals surface area (Å²) in [5, 5.41) is 37.6. The molecule has 4 rings (SSSR count). The number of esters is 2. The van der Waals surface area contributed by atoms with Crippen molar-refractivity contribution in [1.82, 2.24) is 16.0 Å². The van der Waals surface area contributed by atoms with Gasteiger partial charge in [0, 0.05) is 55.0 Å². The van der Waals surface area contributed by atoms with Crippen LogP contribution in [0.15, 0.2) is 36.4 Å². The molecule has 0 bridgehead atoms. The highest BCUT2D eigenvalue weighted by atomic mass is 32.2. The third kappa shape index (κ3) is 12.4. The number of hydrogen-bond donors (Lipinski definition) is 6. The molecule has 3 aliphatic heterocycles. The largest absolute Gasteiger partial charge is 0.508 e. The topological polar surface area (TPSA) is 206 Å². The number of rotatable bonds is 14. The molecule has 3 aliphatic rings. The molecule has 1 unspecified atom stereocenters. The van der Waals surface area contributed by atoms with E-state index in [0.717, 1.165) is 31.1 Å². The molecule has 2 fully saturated rings. The number of unbranched alkanes of at least 4 members (excludes halogenated alkanes) is 1. The van der Waals surface area contributed by atoms with Crippen molar-refractivity contribution in [3.63, 3.8) is 0 Å². The predicted octanol–water partition coefficient (Wildman–Crippen LogP) is 2.90. The fourth-order valence-corrected chi connectivity index (χ4v) is 7.28. The van der Waals surface area contributed by atoms with Gasteiger partial charge in [0.2, 0.25) is 5.91 Å². The average Bonchev–Trinajstić information content (AvgIpc) is 3.58. The number of ether oxygens (including phenoxy) is 4. The molecule has 268 valence electrons. The Morgan fingerprint density at radius 2 is 1.90 bits per heavy atom. The fraction of sp³-hybridized carbons (Fsp3) is 0.559. The van der Waals surface area contributed by atoms with Crippen molar-refractivity contribution in [3.8, 4) is 11.5 Å². The van der Waals surface area contributed by atoms with Crippen molar-refractivity contribution in [3.05, 3.63) is 47.6 Å². The highest BCUT2D eigenvalue weighted by Crippen LogP contribution is 2.33. The number of nitrogens with one attached hydrogen (secondary N) is 4. The maximum absolute atomic E-state index is 12.8. The van der Waals surface area contributed by atoms with Crippen molar-refractivity contribution in [1.29, 1.82) is 5.41 Å². The quantitative estimate of drug-likeness (QED) is 0.0720. The van der Waals surface area contributed by atoms with Gasteiger partial charge >= 0.3 is 18.0 Å². The molecule has 0 radical (unpaired) electrons. The highest BCUT2D eigenvalue weighted by molar-refractivity contribution is 8.00. The number of thioether (sulfide) groups is 1. The van der Waals surface area contributed by atoms with Crippen LogP contribution in [-0.2, 0) is 35.0 Å². The number of phenols is 2. The van der Waals surface area contributed by atoms with Gasteiger partial charge in [-0.15, -0.1) is 0 Å². The van der Waals surface area contributed by atoms with Crippen molar-refractivity contribution < 1.29 is 48.3 Å². The van der Waals surface area contributed by atoms with Crippen LogP contribution < -0.4 is 16.0 Å². The van der Waals surface area contributed by atoms with Crippen LogP contribution in [0, 0.1) is 5.41 Å². The summed E-state index contributed by atoms with van der Waals surface area (Å²) in [6.07, 6.45) is 9.05. The van der Waals surface area contributed by atoms with E-state index in [1.54, 1.807) is 25.2 Å². The van der Waals surface area contributed by atoms with Crippen LogP contribution in [-0.4, -0.2) is 108 Å². The van der Waals surface area contributed by atoms with Crippen LogP contribution in [0.3, 0.4) is 0 Å². The Hall–Kier alpha value is -4.08. The zero-order chi connectivity index (χ0) is 35.2. The predicted molar refractivity (Wildman–Crippen MR) is 182 cm³/mol. The highest BCUT2D eigenvalue weighted by Gasteiger charge is 2.42. The second-order valence-corrected chi connectivity index (χ2v) is 13.4. The molecule has 3 amide bonds. The lowest BCUT2D eigenvalue weighted by Gasteiger charge is -2.17. The average molecular weight is 703 g/mol. The minimum Gasteiger partial charge on any atom is -0.508 e. The van der Waals surface area contributed by atoms with Gasteiger partial charge in [0.1, 0.15) is 35.9 Å². The summed E-state index contributed by atoms with van der Waals surface area (Å²) in [7, 11) is 0. The lowest BCUT2D eigenvalue weighted by molar-refractivity contribution is -0.152. The van der Waals surface area contributed by atoms with Crippen LogP contribution in [0.25, 0.3) is 0 Å². The van der Waals surface area contributed by atoms with Gasteiger partial charge in [-0.3, -0.25) is 4.79 Å². The monoisotopic (exact) mass is 702 g/mol. The molecule has 14 nitrogen and oxygen atoms in total. The Labute approximate surface area is 289 Å². The van der Waals surface area contributed by atoms with E-state index >= 15 is 0 Å². The summed E-state index contributed by atoms with van der Waals surface area (Å²) in [5.41, 5.74) is 0.265. The minimum absolute atomic E-state index is 0.0322. The Kier molecular flexibility index (Phi) is 14.8. The van der Waals surface area contributed by atoms with Crippen molar-refractivity contribution in [2.24, 2.45) is 0 Å². The molecule has 0 spiro atoms. The minimum atomic E-state index is -0.768. The molecule has 6 N–H and O–H groups in total. The Morgan fingerprint density at radius 1 is 1.08 bits per heavy atom. The normalized spacial score (nSPS) is 25.2. The van der Waals surface area contributed by atoms with E-state index in [4.69, 9.17) is 24.4 Å². The lowest BCUT2D eigenvalue weighted by Crippen LogP contribution is -2.36. The number of amides is 3. The van der Waals surface area contributed by atoms with Gasteiger partial charge in [-0.25, -0.2) is 14.4 Å². The maximum Gasteiger partial charge on any atom is 0.342 e. The molecule has 0 aliphatic carbocycles. The number of cyclic esters (lactones) is 1. The molecular formula is C34H46N4O10S. The van der Waals surface area contributed by atoms with Crippen molar-refractivity contribution >= 4 is 41.4 Å². The first kappa shape index (κ1) is 37.7. The first-order chi connectivity index (χ1) is 23.6. The number of fused-ring (bicyclic) bond motifs is 2. The van der Waals surface area contributed by atoms with E-state index in [1.807, 2.05) is 11.8 Å². The number of allylic oxidation sites excluding steroid dienone is 1. The molecular weight excluding hydrogens is 656 g/mol. The van der Waals surface area contributed by atoms with E-state index in [0.29, 0.717) is 31.2 Å². The zero-order valence-corrected chi connectivity index (χ0v) is 28.4. The number of carbonyl (C=O) groups is 4. The van der Waals surface area contributed by atoms with E-state index in [9.17, 15) is 29.4 Å². The number of phenolic OH excluding ortho intramolecular Hbond substituents is 2. The Balaban J connectivity index is 1.08. The zero-order valence-electron chi connectivity index (χ0n) is 27.6. The van der Waals surface area contributed by atoms with Gasteiger partial charge in [0.15, 0.2) is 0 Å². The summed E-state index contributed by atoms with van der Waals surface area (Å²) >= 11 is 1.87.